The van der Waals surface area contributed by atoms with Gasteiger partial charge in [0.2, 0.25) is 0 Å². The van der Waals surface area contributed by atoms with E-state index in [2.05, 4.69) is 26.2 Å². The van der Waals surface area contributed by atoms with Gasteiger partial charge < -0.3 is 4.43 Å². The SMILES string of the molecule is C=CCC1CCC[Si](CC=C)(CCCCC)O1. The molecule has 0 bridgehead atoms. The maximum absolute atomic E-state index is 6.50. The van der Waals surface area contributed by atoms with Crippen LogP contribution in [-0.4, -0.2) is 14.4 Å². The summed E-state index contributed by atoms with van der Waals surface area (Å²) in [4.78, 5) is 0. The Balaban J connectivity index is 2.55. The Kier molecular flexibility index (Phi) is 6.82. The highest BCUT2D eigenvalue weighted by molar-refractivity contribution is 6.74. The van der Waals surface area contributed by atoms with Crippen molar-refractivity contribution in [3.8, 4) is 0 Å². The first-order chi connectivity index (χ1) is 8.26. The molecule has 1 aliphatic heterocycles. The van der Waals surface area contributed by atoms with E-state index < -0.39 is 8.32 Å². The van der Waals surface area contributed by atoms with Crippen molar-refractivity contribution in [2.45, 2.75) is 69.7 Å². The van der Waals surface area contributed by atoms with E-state index in [-0.39, 0.29) is 0 Å². The fourth-order valence-electron chi connectivity index (χ4n) is 2.87. The summed E-state index contributed by atoms with van der Waals surface area (Å²) < 4.78 is 6.50. The summed E-state index contributed by atoms with van der Waals surface area (Å²) in [6.45, 7) is 10.0. The van der Waals surface area contributed by atoms with Gasteiger partial charge in [-0.05, 0) is 31.0 Å². The molecule has 0 amide bonds. The highest BCUT2D eigenvalue weighted by atomic mass is 28.4. The van der Waals surface area contributed by atoms with Crippen molar-refractivity contribution in [1.82, 2.24) is 0 Å². The summed E-state index contributed by atoms with van der Waals surface area (Å²) in [6, 6.07) is 3.82. The summed E-state index contributed by atoms with van der Waals surface area (Å²) in [7, 11) is -1.49. The number of allylic oxidation sites excluding steroid dienone is 1. The van der Waals surface area contributed by atoms with Crippen molar-refractivity contribution in [3.05, 3.63) is 25.3 Å². The van der Waals surface area contributed by atoms with Gasteiger partial charge in [0, 0.05) is 6.10 Å². The van der Waals surface area contributed by atoms with Gasteiger partial charge in [-0.3, -0.25) is 0 Å². The molecule has 0 aliphatic carbocycles. The third-order valence-corrected chi connectivity index (χ3v) is 8.15. The second-order valence-electron chi connectivity index (χ2n) is 5.29. The van der Waals surface area contributed by atoms with E-state index >= 15 is 0 Å². The van der Waals surface area contributed by atoms with E-state index in [1.165, 1.54) is 44.2 Å². The average molecular weight is 252 g/mol. The van der Waals surface area contributed by atoms with E-state index in [4.69, 9.17) is 4.43 Å². The molecule has 1 nitrogen and oxygen atoms in total. The summed E-state index contributed by atoms with van der Waals surface area (Å²) in [5, 5.41) is 0. The van der Waals surface area contributed by atoms with E-state index in [0.29, 0.717) is 6.10 Å². The molecule has 0 N–H and O–H groups in total. The molecule has 0 aromatic rings. The Morgan fingerprint density at radius 3 is 2.76 bits per heavy atom. The molecule has 2 atom stereocenters. The molecule has 2 heteroatoms. The predicted molar refractivity (Wildman–Crippen MR) is 78.8 cm³/mol. The Morgan fingerprint density at radius 2 is 2.12 bits per heavy atom. The Labute approximate surface area is 108 Å². The maximum Gasteiger partial charge on any atom is 0.196 e. The molecule has 2 unspecified atom stereocenters. The fourth-order valence-corrected chi connectivity index (χ4v) is 7.05. The van der Waals surface area contributed by atoms with Gasteiger partial charge in [0.1, 0.15) is 0 Å². The quantitative estimate of drug-likeness (QED) is 0.333. The second kappa shape index (κ2) is 7.88. The normalized spacial score (nSPS) is 28.9. The van der Waals surface area contributed by atoms with Gasteiger partial charge in [-0.1, -0.05) is 44.8 Å². The van der Waals surface area contributed by atoms with Crippen LogP contribution in [0.15, 0.2) is 25.3 Å². The van der Waals surface area contributed by atoms with Crippen LogP contribution >= 0.6 is 0 Å². The molecule has 1 heterocycles. The Bertz CT molecular complexity index is 239. The van der Waals surface area contributed by atoms with Crippen LogP contribution in [0.4, 0.5) is 0 Å². The van der Waals surface area contributed by atoms with Crippen molar-refractivity contribution >= 4 is 8.32 Å². The minimum absolute atomic E-state index is 0.453. The average Bonchev–Trinajstić information content (AvgIpc) is 2.30. The lowest BCUT2D eigenvalue weighted by atomic mass is 10.1. The van der Waals surface area contributed by atoms with Crippen LogP contribution < -0.4 is 0 Å². The summed E-state index contributed by atoms with van der Waals surface area (Å²) in [5.74, 6) is 0. The van der Waals surface area contributed by atoms with Gasteiger partial charge in [0.15, 0.2) is 8.32 Å². The fraction of sp³-hybridized carbons (Fsp3) is 0.733. The van der Waals surface area contributed by atoms with Crippen LogP contribution in [0.1, 0.15) is 45.4 Å². The predicted octanol–water partition coefficient (Wildman–Crippen LogP) is 5.06. The van der Waals surface area contributed by atoms with Crippen molar-refractivity contribution in [1.29, 1.82) is 0 Å². The molecular formula is C15H28OSi. The molecule has 17 heavy (non-hydrogen) atoms. The first kappa shape index (κ1) is 14.7. The monoisotopic (exact) mass is 252 g/mol. The summed E-state index contributed by atoms with van der Waals surface area (Å²) in [5.41, 5.74) is 0. The van der Waals surface area contributed by atoms with Gasteiger partial charge in [-0.2, -0.15) is 0 Å². The maximum atomic E-state index is 6.50. The van der Waals surface area contributed by atoms with E-state index in [0.717, 1.165) is 12.5 Å². The topological polar surface area (TPSA) is 9.23 Å². The third kappa shape index (κ3) is 4.80. The Morgan fingerprint density at radius 1 is 1.29 bits per heavy atom. The molecule has 1 saturated heterocycles. The highest BCUT2D eigenvalue weighted by Gasteiger charge is 2.38. The van der Waals surface area contributed by atoms with Crippen LogP contribution in [0.5, 0.6) is 0 Å². The standard InChI is InChI=1S/C15H28OSi/c1-4-7-8-13-17(12-6-3)14-9-11-15(16-17)10-5-2/h5-6,15H,2-4,7-14H2,1H3. The number of rotatable bonds is 8. The third-order valence-electron chi connectivity index (χ3n) is 3.76. The minimum Gasteiger partial charge on any atom is -0.413 e. The van der Waals surface area contributed by atoms with E-state index in [1.807, 2.05) is 6.08 Å². The highest BCUT2D eigenvalue weighted by Crippen LogP contribution is 2.35. The van der Waals surface area contributed by atoms with Gasteiger partial charge >= 0.3 is 0 Å². The van der Waals surface area contributed by atoms with Crippen LogP contribution in [0, 0.1) is 0 Å². The zero-order valence-corrected chi connectivity index (χ0v) is 12.4. The molecule has 0 aromatic heterocycles. The second-order valence-corrected chi connectivity index (χ2v) is 9.30. The van der Waals surface area contributed by atoms with Crippen molar-refractivity contribution < 1.29 is 4.43 Å². The molecule has 98 valence electrons. The van der Waals surface area contributed by atoms with Crippen LogP contribution in [0.3, 0.4) is 0 Å². The van der Waals surface area contributed by atoms with Crippen LogP contribution in [-0.2, 0) is 4.43 Å². The molecule has 1 aliphatic rings. The van der Waals surface area contributed by atoms with Crippen LogP contribution in [0.2, 0.25) is 18.1 Å². The lowest BCUT2D eigenvalue weighted by molar-refractivity contribution is 0.158. The van der Waals surface area contributed by atoms with Gasteiger partial charge in [0.25, 0.3) is 0 Å². The van der Waals surface area contributed by atoms with Gasteiger partial charge in [-0.25, -0.2) is 0 Å². The lowest BCUT2D eigenvalue weighted by Crippen LogP contribution is -2.44. The number of unbranched alkanes of at least 4 members (excludes halogenated alkanes) is 2. The minimum atomic E-state index is -1.49. The summed E-state index contributed by atoms with van der Waals surface area (Å²) in [6.07, 6.45) is 12.2. The Hall–Kier alpha value is -0.343. The largest absolute Gasteiger partial charge is 0.413 e. The van der Waals surface area contributed by atoms with Crippen molar-refractivity contribution in [2.24, 2.45) is 0 Å². The lowest BCUT2D eigenvalue weighted by Gasteiger charge is -2.39. The number of hydrogen-bond donors (Lipinski definition) is 0. The smallest absolute Gasteiger partial charge is 0.196 e. The number of hydrogen-bond acceptors (Lipinski definition) is 1. The zero-order chi connectivity index (χ0) is 12.6. The molecule has 1 fully saturated rings. The molecule has 0 aromatic carbocycles. The molecule has 1 rings (SSSR count). The van der Waals surface area contributed by atoms with Crippen molar-refractivity contribution in [3.63, 3.8) is 0 Å². The van der Waals surface area contributed by atoms with Crippen molar-refractivity contribution in [2.75, 3.05) is 0 Å². The molecule has 0 saturated carbocycles. The molecular weight excluding hydrogens is 224 g/mol. The molecule has 0 radical (unpaired) electrons. The van der Waals surface area contributed by atoms with Gasteiger partial charge in [-0.15, -0.1) is 13.2 Å². The van der Waals surface area contributed by atoms with Gasteiger partial charge in [0.05, 0.1) is 0 Å². The first-order valence-corrected chi connectivity index (χ1v) is 9.69. The van der Waals surface area contributed by atoms with E-state index in [1.54, 1.807) is 0 Å². The van der Waals surface area contributed by atoms with Crippen LogP contribution in [0.25, 0.3) is 0 Å². The summed E-state index contributed by atoms with van der Waals surface area (Å²) >= 11 is 0. The first-order valence-electron chi connectivity index (χ1n) is 7.16. The van der Waals surface area contributed by atoms with E-state index in [9.17, 15) is 0 Å². The zero-order valence-electron chi connectivity index (χ0n) is 11.4. The molecule has 0 spiro atoms.